The van der Waals surface area contributed by atoms with Crippen molar-refractivity contribution in [1.29, 1.82) is 0 Å². The first kappa shape index (κ1) is 16.9. The van der Waals surface area contributed by atoms with Crippen molar-refractivity contribution >= 4 is 0 Å². The van der Waals surface area contributed by atoms with Crippen LogP contribution in [-0.4, -0.2) is 31.8 Å². The van der Waals surface area contributed by atoms with E-state index >= 15 is 0 Å². The lowest BCUT2D eigenvalue weighted by Crippen LogP contribution is -2.33. The van der Waals surface area contributed by atoms with Gasteiger partial charge in [0.1, 0.15) is 0 Å². The summed E-state index contributed by atoms with van der Waals surface area (Å²) in [6, 6.07) is 0. The fourth-order valence-electron chi connectivity index (χ4n) is 2.01. The third-order valence-corrected chi connectivity index (χ3v) is 2.99. The topological polar surface area (TPSA) is 38.5 Å². The molecule has 0 fully saturated rings. The molecule has 0 aliphatic heterocycles. The molecule has 0 rings (SSSR count). The van der Waals surface area contributed by atoms with E-state index in [1.807, 2.05) is 0 Å². The molecule has 0 amide bonds. The van der Waals surface area contributed by atoms with Crippen LogP contribution in [0.2, 0.25) is 0 Å². The molecule has 0 bridgehead atoms. The zero-order valence-electron chi connectivity index (χ0n) is 12.7. The van der Waals surface area contributed by atoms with Gasteiger partial charge in [-0.3, -0.25) is 0 Å². The van der Waals surface area contributed by atoms with Crippen LogP contribution in [0.25, 0.3) is 0 Å². The number of nitrogens with two attached hydrogens (primary N) is 1. The summed E-state index contributed by atoms with van der Waals surface area (Å²) in [6.45, 7) is 14.0. The highest BCUT2D eigenvalue weighted by Gasteiger charge is 2.19. The predicted molar refractivity (Wildman–Crippen MR) is 74.7 cm³/mol. The van der Waals surface area contributed by atoms with Crippen LogP contribution in [0.5, 0.6) is 0 Å². The lowest BCUT2D eigenvalue weighted by molar-refractivity contribution is -0.148. The molecule has 0 aromatic carbocycles. The van der Waals surface area contributed by atoms with Crippen LogP contribution in [0.3, 0.4) is 0 Å². The highest BCUT2D eigenvalue weighted by Crippen LogP contribution is 2.26. The normalized spacial score (nSPS) is 13.4. The van der Waals surface area contributed by atoms with Gasteiger partial charge in [0.2, 0.25) is 0 Å². The van der Waals surface area contributed by atoms with E-state index in [4.69, 9.17) is 10.6 Å². The van der Waals surface area contributed by atoms with E-state index in [0.717, 1.165) is 32.5 Å². The van der Waals surface area contributed by atoms with Gasteiger partial charge >= 0.3 is 0 Å². The quantitative estimate of drug-likeness (QED) is 0.667. The first-order valence-electron chi connectivity index (χ1n) is 6.69. The van der Waals surface area contributed by atoms with Crippen molar-refractivity contribution in [2.75, 3.05) is 26.7 Å². The standard InChI is InChI=1S/C14H32N2O/c1-13(2,3)12-16(17-6)11-7-8-14(4,5)9-10-15/h7-12,15H2,1-6H3. The Morgan fingerprint density at radius 2 is 1.65 bits per heavy atom. The Morgan fingerprint density at radius 1 is 1.06 bits per heavy atom. The monoisotopic (exact) mass is 244 g/mol. The van der Waals surface area contributed by atoms with Crippen LogP contribution in [-0.2, 0) is 4.84 Å². The largest absolute Gasteiger partial charge is 0.330 e. The molecule has 0 aromatic rings. The van der Waals surface area contributed by atoms with Crippen molar-refractivity contribution in [2.24, 2.45) is 16.6 Å². The average molecular weight is 244 g/mol. The van der Waals surface area contributed by atoms with Gasteiger partial charge < -0.3 is 10.6 Å². The van der Waals surface area contributed by atoms with Gasteiger partial charge in [-0.25, -0.2) is 0 Å². The number of nitrogens with zero attached hydrogens (tertiary/aromatic N) is 1. The minimum Gasteiger partial charge on any atom is -0.330 e. The molecule has 0 unspecified atom stereocenters. The lowest BCUT2D eigenvalue weighted by atomic mass is 9.84. The van der Waals surface area contributed by atoms with Crippen LogP contribution < -0.4 is 5.73 Å². The fourth-order valence-corrected chi connectivity index (χ4v) is 2.01. The molecule has 0 heterocycles. The number of hydrogen-bond donors (Lipinski definition) is 1. The average Bonchev–Trinajstić information content (AvgIpc) is 2.13. The van der Waals surface area contributed by atoms with Crippen LogP contribution in [0.4, 0.5) is 0 Å². The molecule has 104 valence electrons. The highest BCUT2D eigenvalue weighted by molar-refractivity contribution is 4.70. The summed E-state index contributed by atoms with van der Waals surface area (Å²) in [5, 5.41) is 2.07. The maximum Gasteiger partial charge on any atom is 0.0575 e. The van der Waals surface area contributed by atoms with Gasteiger partial charge in [-0.2, -0.15) is 5.06 Å². The van der Waals surface area contributed by atoms with Crippen molar-refractivity contribution < 1.29 is 4.84 Å². The Labute approximate surface area is 108 Å². The first-order valence-corrected chi connectivity index (χ1v) is 6.69. The van der Waals surface area contributed by atoms with Gasteiger partial charge in [0, 0.05) is 13.1 Å². The molecule has 3 heteroatoms. The molecule has 0 spiro atoms. The Kier molecular flexibility index (Phi) is 7.29. The van der Waals surface area contributed by atoms with E-state index in [9.17, 15) is 0 Å². The van der Waals surface area contributed by atoms with E-state index in [0.29, 0.717) is 5.41 Å². The predicted octanol–water partition coefficient (Wildman–Crippen LogP) is 3.05. The Balaban J connectivity index is 3.92. The zero-order valence-corrected chi connectivity index (χ0v) is 12.7. The molecule has 0 aliphatic rings. The van der Waals surface area contributed by atoms with Gasteiger partial charge in [-0.1, -0.05) is 34.6 Å². The molecular weight excluding hydrogens is 212 g/mol. The molecular formula is C14H32N2O. The molecule has 0 atom stereocenters. The molecule has 0 aromatic heterocycles. The summed E-state index contributed by atoms with van der Waals surface area (Å²) < 4.78 is 0. The Bertz CT molecular complexity index is 197. The summed E-state index contributed by atoms with van der Waals surface area (Å²) in [5.41, 5.74) is 6.26. The molecule has 0 radical (unpaired) electrons. The van der Waals surface area contributed by atoms with Crippen LogP contribution >= 0.6 is 0 Å². The van der Waals surface area contributed by atoms with Crippen molar-refractivity contribution in [1.82, 2.24) is 5.06 Å². The smallest absolute Gasteiger partial charge is 0.0575 e. The summed E-state index contributed by atoms with van der Waals surface area (Å²) >= 11 is 0. The second-order valence-electron chi connectivity index (χ2n) is 6.91. The van der Waals surface area contributed by atoms with Crippen molar-refractivity contribution in [3.8, 4) is 0 Å². The second kappa shape index (κ2) is 7.34. The number of hydroxylamine groups is 2. The van der Waals surface area contributed by atoms with Crippen LogP contribution in [0.15, 0.2) is 0 Å². The van der Waals surface area contributed by atoms with Crippen molar-refractivity contribution in [3.05, 3.63) is 0 Å². The summed E-state index contributed by atoms with van der Waals surface area (Å²) in [7, 11) is 1.76. The van der Waals surface area contributed by atoms with Gasteiger partial charge in [-0.15, -0.1) is 0 Å². The minimum absolute atomic E-state index is 0.281. The third-order valence-electron chi connectivity index (χ3n) is 2.99. The maximum absolute atomic E-state index is 5.62. The van der Waals surface area contributed by atoms with Gasteiger partial charge in [0.05, 0.1) is 7.11 Å². The van der Waals surface area contributed by atoms with Gasteiger partial charge in [0.15, 0.2) is 0 Å². The second-order valence-corrected chi connectivity index (χ2v) is 6.91. The van der Waals surface area contributed by atoms with Gasteiger partial charge in [0.25, 0.3) is 0 Å². The van der Waals surface area contributed by atoms with E-state index < -0.39 is 0 Å². The third kappa shape index (κ3) is 9.57. The number of hydrogen-bond acceptors (Lipinski definition) is 3. The maximum atomic E-state index is 5.62. The van der Waals surface area contributed by atoms with E-state index in [1.165, 1.54) is 6.42 Å². The molecule has 0 aliphatic carbocycles. The molecule has 3 nitrogen and oxygen atoms in total. The van der Waals surface area contributed by atoms with Gasteiger partial charge in [-0.05, 0) is 36.6 Å². The van der Waals surface area contributed by atoms with E-state index in [-0.39, 0.29) is 5.41 Å². The van der Waals surface area contributed by atoms with E-state index in [2.05, 4.69) is 39.7 Å². The summed E-state index contributed by atoms with van der Waals surface area (Å²) in [5.74, 6) is 0. The first-order chi connectivity index (χ1) is 7.70. The van der Waals surface area contributed by atoms with Crippen LogP contribution in [0.1, 0.15) is 53.9 Å². The van der Waals surface area contributed by atoms with Crippen molar-refractivity contribution in [2.45, 2.75) is 53.9 Å². The summed E-state index contributed by atoms with van der Waals surface area (Å²) in [4.78, 5) is 5.41. The zero-order chi connectivity index (χ0) is 13.5. The highest BCUT2D eigenvalue weighted by atomic mass is 16.7. The van der Waals surface area contributed by atoms with E-state index in [1.54, 1.807) is 7.11 Å². The molecule has 17 heavy (non-hydrogen) atoms. The number of rotatable bonds is 8. The SMILES string of the molecule is CON(CCCC(C)(C)CCN)CC(C)(C)C. The lowest BCUT2D eigenvalue weighted by Gasteiger charge is -2.29. The molecule has 0 saturated heterocycles. The Hall–Kier alpha value is -0.120. The molecule has 2 N–H and O–H groups in total. The summed E-state index contributed by atoms with van der Waals surface area (Å²) in [6.07, 6.45) is 3.46. The van der Waals surface area contributed by atoms with Crippen LogP contribution in [0, 0.1) is 10.8 Å². The Morgan fingerprint density at radius 3 is 2.06 bits per heavy atom. The minimum atomic E-state index is 0.281. The van der Waals surface area contributed by atoms with Crippen molar-refractivity contribution in [3.63, 3.8) is 0 Å². The molecule has 0 saturated carbocycles. The fraction of sp³-hybridized carbons (Fsp3) is 1.00.